The fourth-order valence-corrected chi connectivity index (χ4v) is 6.98. The van der Waals surface area contributed by atoms with Crippen molar-refractivity contribution >= 4 is 22.6 Å². The Balaban J connectivity index is 0.830. The van der Waals surface area contributed by atoms with E-state index in [0.29, 0.717) is 49.2 Å². The number of aliphatic hydroxyl groups is 1. The van der Waals surface area contributed by atoms with Crippen molar-refractivity contribution in [2.24, 2.45) is 0 Å². The Morgan fingerprint density at radius 3 is 2.65 bits per heavy atom. The SMILES string of the molecule is CN(CCNC[C@H](O)c1ccc(O)c2[nH]c(=O)ccc12)C(=O)CCOCCc1ccc(CN2CCC3(CC2)CN(c2ccccn2)CCO3)cc1. The van der Waals surface area contributed by atoms with Crippen LogP contribution in [0.2, 0.25) is 0 Å². The minimum atomic E-state index is -0.852. The number of carbonyl (C=O) groups is 1. The van der Waals surface area contributed by atoms with Gasteiger partial charge in [0.2, 0.25) is 11.5 Å². The fourth-order valence-electron chi connectivity index (χ4n) is 6.98. The van der Waals surface area contributed by atoms with Crippen molar-refractivity contribution in [3.05, 3.63) is 100.0 Å². The molecule has 0 aliphatic carbocycles. The molecule has 1 amide bonds. The highest BCUT2D eigenvalue weighted by molar-refractivity contribution is 5.87. The third kappa shape index (κ3) is 9.72. The van der Waals surface area contributed by atoms with Crippen LogP contribution in [0, 0.1) is 0 Å². The summed E-state index contributed by atoms with van der Waals surface area (Å²) in [7, 11) is 1.76. The molecular weight excluding hydrogens is 648 g/mol. The lowest BCUT2D eigenvalue weighted by Crippen LogP contribution is -2.57. The van der Waals surface area contributed by atoms with Crippen LogP contribution in [0.4, 0.5) is 5.82 Å². The summed E-state index contributed by atoms with van der Waals surface area (Å²) in [5.74, 6) is 0.986. The number of carbonyl (C=O) groups excluding carboxylic acids is 1. The molecule has 272 valence electrons. The summed E-state index contributed by atoms with van der Waals surface area (Å²) in [6.45, 7) is 7.66. The van der Waals surface area contributed by atoms with Crippen LogP contribution < -0.4 is 15.8 Å². The number of likely N-dealkylation sites (tertiary alicyclic amines) is 1. The molecule has 6 rings (SSSR count). The summed E-state index contributed by atoms with van der Waals surface area (Å²) in [5.41, 5.74) is 3.00. The zero-order valence-corrected chi connectivity index (χ0v) is 29.4. The normalized spacial score (nSPS) is 16.8. The Kier molecular flexibility index (Phi) is 12.3. The molecule has 4 aromatic rings. The second-order valence-electron chi connectivity index (χ2n) is 13.7. The lowest BCUT2D eigenvalue weighted by Gasteiger charge is -2.47. The maximum atomic E-state index is 12.6. The van der Waals surface area contributed by atoms with E-state index in [2.05, 4.69) is 55.4 Å². The molecule has 2 aliphatic rings. The number of ether oxygens (including phenoxy) is 2. The minimum absolute atomic E-state index is 0.000559. The number of phenolic OH excluding ortho intramolecular Hbond substituents is 1. The molecule has 2 aliphatic heterocycles. The summed E-state index contributed by atoms with van der Waals surface area (Å²) in [6.07, 6.45) is 4.15. The molecule has 2 saturated heterocycles. The van der Waals surface area contributed by atoms with Gasteiger partial charge in [-0.05, 0) is 60.2 Å². The van der Waals surface area contributed by atoms with Gasteiger partial charge in [-0.25, -0.2) is 4.98 Å². The molecule has 2 aromatic carbocycles. The number of nitrogens with zero attached hydrogens (tertiary/aromatic N) is 4. The Morgan fingerprint density at radius 2 is 1.86 bits per heavy atom. The van der Waals surface area contributed by atoms with E-state index >= 15 is 0 Å². The number of anilines is 1. The summed E-state index contributed by atoms with van der Waals surface area (Å²) >= 11 is 0. The average Bonchev–Trinajstić information content (AvgIpc) is 3.15. The molecule has 0 radical (unpaired) electrons. The van der Waals surface area contributed by atoms with Gasteiger partial charge in [-0.2, -0.15) is 0 Å². The highest BCUT2D eigenvalue weighted by Crippen LogP contribution is 2.32. The molecule has 2 aromatic heterocycles. The standard InChI is InChI=1S/C39H50N6O6/c1-43(21-18-40-26-34(47)31-9-11-33(46)38-32(31)10-12-36(48)42-38)37(49)14-24-50-23-13-29-5-7-30(8-6-29)27-44-19-15-39(16-20-44)28-45(22-25-51-39)35-4-2-3-17-41-35/h2-12,17,34,40,46-47H,13-16,18-28H2,1H3,(H,42,48)/t34-/m0/s1. The molecule has 0 bridgehead atoms. The van der Waals surface area contributed by atoms with Gasteiger partial charge in [0.05, 0.1) is 43.5 Å². The van der Waals surface area contributed by atoms with Crippen LogP contribution in [-0.4, -0.2) is 114 Å². The quantitative estimate of drug-likeness (QED) is 0.137. The first-order valence-corrected chi connectivity index (χ1v) is 17.9. The van der Waals surface area contributed by atoms with Crippen molar-refractivity contribution in [1.29, 1.82) is 0 Å². The second-order valence-corrected chi connectivity index (χ2v) is 13.7. The number of aromatic amines is 1. The van der Waals surface area contributed by atoms with Gasteiger partial charge in [-0.3, -0.25) is 14.5 Å². The number of fused-ring (bicyclic) bond motifs is 1. The predicted molar refractivity (Wildman–Crippen MR) is 197 cm³/mol. The minimum Gasteiger partial charge on any atom is -0.506 e. The number of piperidine rings is 1. The maximum Gasteiger partial charge on any atom is 0.248 e. The molecule has 1 atom stereocenters. The molecule has 0 unspecified atom stereocenters. The van der Waals surface area contributed by atoms with Crippen LogP contribution in [0.1, 0.15) is 42.1 Å². The Labute approximate surface area is 299 Å². The van der Waals surface area contributed by atoms with Crippen LogP contribution in [0.5, 0.6) is 5.75 Å². The lowest BCUT2D eigenvalue weighted by molar-refractivity contribution is -0.131. The summed E-state index contributed by atoms with van der Waals surface area (Å²) in [5, 5.41) is 24.5. The van der Waals surface area contributed by atoms with E-state index in [0.717, 1.165) is 64.4 Å². The van der Waals surface area contributed by atoms with Crippen molar-refractivity contribution in [1.82, 2.24) is 25.1 Å². The van der Waals surface area contributed by atoms with E-state index in [4.69, 9.17) is 9.47 Å². The van der Waals surface area contributed by atoms with Crippen LogP contribution >= 0.6 is 0 Å². The van der Waals surface area contributed by atoms with Crippen molar-refractivity contribution in [2.75, 3.05) is 77.6 Å². The summed E-state index contributed by atoms with van der Waals surface area (Å²) in [6, 6.07) is 20.9. The Morgan fingerprint density at radius 1 is 1.06 bits per heavy atom. The van der Waals surface area contributed by atoms with Crippen LogP contribution in [0.15, 0.2) is 77.7 Å². The van der Waals surface area contributed by atoms with Crippen LogP contribution in [0.3, 0.4) is 0 Å². The Bertz CT molecular complexity index is 1780. The zero-order valence-electron chi connectivity index (χ0n) is 29.4. The number of amides is 1. The van der Waals surface area contributed by atoms with Gasteiger partial charge in [-0.1, -0.05) is 36.4 Å². The van der Waals surface area contributed by atoms with Crippen molar-refractivity contribution in [3.8, 4) is 5.75 Å². The number of aromatic hydroxyl groups is 1. The number of aromatic nitrogens is 2. The molecule has 0 saturated carbocycles. The average molecular weight is 699 g/mol. The number of likely N-dealkylation sites (N-methyl/N-ethyl adjacent to an activating group) is 1. The summed E-state index contributed by atoms with van der Waals surface area (Å²) < 4.78 is 12.1. The Hall–Kier alpha value is -4.33. The molecule has 4 heterocycles. The number of aliphatic hydroxyl groups excluding tert-OH is 1. The number of pyridine rings is 2. The molecule has 51 heavy (non-hydrogen) atoms. The number of hydrogen-bond acceptors (Lipinski definition) is 10. The molecule has 12 heteroatoms. The number of hydrogen-bond donors (Lipinski definition) is 4. The molecule has 2 fully saturated rings. The van der Waals surface area contributed by atoms with Gasteiger partial charge in [0.25, 0.3) is 0 Å². The maximum absolute atomic E-state index is 12.6. The monoisotopic (exact) mass is 698 g/mol. The van der Waals surface area contributed by atoms with Crippen LogP contribution in [0.25, 0.3) is 10.9 Å². The van der Waals surface area contributed by atoms with E-state index < -0.39 is 6.10 Å². The van der Waals surface area contributed by atoms with Gasteiger partial charge in [0.15, 0.2) is 0 Å². The van der Waals surface area contributed by atoms with Gasteiger partial charge < -0.3 is 39.8 Å². The highest BCUT2D eigenvalue weighted by atomic mass is 16.5. The van der Waals surface area contributed by atoms with E-state index in [1.54, 1.807) is 24.1 Å². The molecule has 1 spiro atoms. The molecule has 12 nitrogen and oxygen atoms in total. The number of H-pyrrole nitrogens is 1. The summed E-state index contributed by atoms with van der Waals surface area (Å²) in [4.78, 5) is 37.9. The lowest BCUT2D eigenvalue weighted by atomic mass is 9.89. The molecule has 4 N–H and O–H groups in total. The van der Waals surface area contributed by atoms with Crippen molar-refractivity contribution in [2.45, 2.75) is 43.9 Å². The van der Waals surface area contributed by atoms with Gasteiger partial charge >= 0.3 is 0 Å². The number of morpholine rings is 1. The number of rotatable bonds is 15. The first-order valence-electron chi connectivity index (χ1n) is 17.9. The number of benzene rings is 2. The third-order valence-electron chi connectivity index (χ3n) is 10.1. The van der Waals surface area contributed by atoms with Gasteiger partial charge in [0.1, 0.15) is 11.6 Å². The van der Waals surface area contributed by atoms with Crippen molar-refractivity contribution < 1.29 is 24.5 Å². The largest absolute Gasteiger partial charge is 0.506 e. The highest BCUT2D eigenvalue weighted by Gasteiger charge is 2.40. The van der Waals surface area contributed by atoms with Gasteiger partial charge in [-0.15, -0.1) is 0 Å². The van der Waals surface area contributed by atoms with E-state index in [1.165, 1.54) is 23.3 Å². The fraction of sp³-hybridized carbons (Fsp3) is 0.462. The van der Waals surface area contributed by atoms with Crippen LogP contribution in [-0.2, 0) is 27.2 Å². The zero-order chi connectivity index (χ0) is 35.6. The second kappa shape index (κ2) is 17.3. The van der Waals surface area contributed by atoms with Gasteiger partial charge in [0, 0.05) is 77.1 Å². The van der Waals surface area contributed by atoms with E-state index in [-0.39, 0.29) is 29.4 Å². The smallest absolute Gasteiger partial charge is 0.248 e. The number of nitrogens with one attached hydrogen (secondary N) is 2. The third-order valence-corrected chi connectivity index (χ3v) is 10.1. The predicted octanol–water partition coefficient (Wildman–Crippen LogP) is 3.23. The molecular formula is C39H50N6O6. The van der Waals surface area contributed by atoms with Crippen molar-refractivity contribution in [3.63, 3.8) is 0 Å². The topological polar surface area (TPSA) is 143 Å². The first-order chi connectivity index (χ1) is 24.8. The number of phenols is 1. The first kappa shape index (κ1) is 36.5. The van der Waals surface area contributed by atoms with E-state index in [9.17, 15) is 19.8 Å². The van der Waals surface area contributed by atoms with E-state index in [1.807, 2.05) is 18.3 Å².